The minimum absolute atomic E-state index is 0.00271. The Morgan fingerprint density at radius 2 is 2.00 bits per heavy atom. The van der Waals surface area contributed by atoms with Crippen LogP contribution in [0.1, 0.15) is 18.4 Å². The second-order valence-electron chi connectivity index (χ2n) is 6.66. The lowest BCUT2D eigenvalue weighted by atomic mass is 10.2. The predicted octanol–water partition coefficient (Wildman–Crippen LogP) is 1.03. The standard InChI is InChI=1S/C19H28N2O4S/c1-20(18-10-15-26(24,25)16-18)12-9-19(23)21(13-14-22)11-5-8-17-6-3-2-4-7-17/h2-8,18,22H,9-16H2,1H3/b8-5+. The third-order valence-electron chi connectivity index (χ3n) is 4.67. The van der Waals surface area contributed by atoms with Crippen molar-refractivity contribution >= 4 is 21.8 Å². The number of hydrogen-bond donors (Lipinski definition) is 1. The first kappa shape index (κ1) is 20.6. The molecule has 0 aliphatic carbocycles. The highest BCUT2D eigenvalue weighted by molar-refractivity contribution is 7.91. The Morgan fingerprint density at radius 1 is 1.27 bits per heavy atom. The molecule has 1 aromatic rings. The zero-order chi connectivity index (χ0) is 19.0. The van der Waals surface area contributed by atoms with Gasteiger partial charge < -0.3 is 14.9 Å². The first-order valence-electron chi connectivity index (χ1n) is 8.92. The summed E-state index contributed by atoms with van der Waals surface area (Å²) < 4.78 is 23.1. The Bertz CT molecular complexity index is 704. The largest absolute Gasteiger partial charge is 0.395 e. The lowest BCUT2D eigenvalue weighted by Crippen LogP contribution is -2.38. The molecule has 0 saturated carbocycles. The van der Waals surface area contributed by atoms with Gasteiger partial charge >= 0.3 is 0 Å². The van der Waals surface area contributed by atoms with Gasteiger partial charge in [-0.3, -0.25) is 4.79 Å². The predicted molar refractivity (Wildman–Crippen MR) is 103 cm³/mol. The Balaban J connectivity index is 1.82. The molecule has 1 N–H and O–H groups in total. The Labute approximate surface area is 156 Å². The first-order chi connectivity index (χ1) is 12.4. The maximum Gasteiger partial charge on any atom is 0.224 e. The minimum atomic E-state index is -2.92. The molecule has 0 spiro atoms. The van der Waals surface area contributed by atoms with Crippen molar-refractivity contribution in [1.82, 2.24) is 9.80 Å². The van der Waals surface area contributed by atoms with Gasteiger partial charge in [-0.05, 0) is 19.0 Å². The smallest absolute Gasteiger partial charge is 0.224 e. The molecule has 0 bridgehead atoms. The van der Waals surface area contributed by atoms with E-state index in [2.05, 4.69) is 0 Å². The first-order valence-corrected chi connectivity index (χ1v) is 10.7. The molecule has 1 aliphatic heterocycles. The molecule has 2 rings (SSSR count). The number of nitrogens with zero attached hydrogens (tertiary/aromatic N) is 2. The zero-order valence-corrected chi connectivity index (χ0v) is 16.1. The van der Waals surface area contributed by atoms with E-state index in [1.807, 2.05) is 54.4 Å². The number of amides is 1. The molecule has 1 unspecified atom stereocenters. The number of carbonyl (C=O) groups is 1. The van der Waals surface area contributed by atoms with Gasteiger partial charge in [-0.1, -0.05) is 42.5 Å². The van der Waals surface area contributed by atoms with Crippen LogP contribution in [0.3, 0.4) is 0 Å². The summed E-state index contributed by atoms with van der Waals surface area (Å²) in [5.74, 6) is 0.374. The molecule has 0 aromatic heterocycles. The highest BCUT2D eigenvalue weighted by Gasteiger charge is 2.30. The maximum atomic E-state index is 12.5. The number of hydrogen-bond acceptors (Lipinski definition) is 5. The monoisotopic (exact) mass is 380 g/mol. The van der Waals surface area contributed by atoms with Gasteiger partial charge in [0.15, 0.2) is 9.84 Å². The molecule has 1 amide bonds. The molecule has 1 aliphatic rings. The highest BCUT2D eigenvalue weighted by Crippen LogP contribution is 2.16. The molecular formula is C19H28N2O4S. The number of carbonyl (C=O) groups excluding carboxylic acids is 1. The van der Waals surface area contributed by atoms with Crippen molar-refractivity contribution in [3.05, 3.63) is 42.0 Å². The number of aliphatic hydroxyl groups excluding tert-OH is 1. The van der Waals surface area contributed by atoms with E-state index in [9.17, 15) is 18.3 Å². The average molecular weight is 381 g/mol. The topological polar surface area (TPSA) is 77.9 Å². The molecule has 1 aromatic carbocycles. The molecule has 144 valence electrons. The third-order valence-corrected chi connectivity index (χ3v) is 6.42. The van der Waals surface area contributed by atoms with E-state index in [0.717, 1.165) is 5.56 Å². The van der Waals surface area contributed by atoms with E-state index >= 15 is 0 Å². The highest BCUT2D eigenvalue weighted by atomic mass is 32.2. The third kappa shape index (κ3) is 6.55. The molecule has 1 atom stereocenters. The lowest BCUT2D eigenvalue weighted by molar-refractivity contribution is -0.131. The van der Waals surface area contributed by atoms with Crippen molar-refractivity contribution in [2.75, 3.05) is 44.8 Å². The van der Waals surface area contributed by atoms with E-state index in [1.165, 1.54) is 0 Å². The SMILES string of the molecule is CN(CCC(=O)N(C/C=C/c1ccccc1)CCO)C1CCS(=O)(=O)C1. The fraction of sp³-hybridized carbons (Fsp3) is 0.526. The van der Waals surface area contributed by atoms with Crippen LogP contribution in [0.5, 0.6) is 0 Å². The van der Waals surface area contributed by atoms with E-state index in [0.29, 0.717) is 32.5 Å². The summed E-state index contributed by atoms with van der Waals surface area (Å²) in [6.07, 6.45) is 4.81. The van der Waals surface area contributed by atoms with Crippen LogP contribution in [0, 0.1) is 0 Å². The minimum Gasteiger partial charge on any atom is -0.395 e. The van der Waals surface area contributed by atoms with Gasteiger partial charge in [0, 0.05) is 32.1 Å². The Hall–Kier alpha value is -1.70. The van der Waals surface area contributed by atoms with Gasteiger partial charge in [0.05, 0.1) is 18.1 Å². The van der Waals surface area contributed by atoms with Crippen molar-refractivity contribution in [3.8, 4) is 0 Å². The van der Waals surface area contributed by atoms with E-state index in [1.54, 1.807) is 4.90 Å². The fourth-order valence-electron chi connectivity index (χ4n) is 3.05. The van der Waals surface area contributed by atoms with E-state index < -0.39 is 9.84 Å². The lowest BCUT2D eigenvalue weighted by Gasteiger charge is -2.25. The summed E-state index contributed by atoms with van der Waals surface area (Å²) in [6.45, 7) is 1.17. The van der Waals surface area contributed by atoms with Crippen molar-refractivity contribution in [2.24, 2.45) is 0 Å². The average Bonchev–Trinajstić information content (AvgIpc) is 2.99. The number of sulfone groups is 1. The fourth-order valence-corrected chi connectivity index (χ4v) is 4.86. The summed E-state index contributed by atoms with van der Waals surface area (Å²) in [5, 5.41) is 9.21. The summed E-state index contributed by atoms with van der Waals surface area (Å²) in [4.78, 5) is 16.0. The number of rotatable bonds is 9. The summed E-state index contributed by atoms with van der Waals surface area (Å²) >= 11 is 0. The quantitative estimate of drug-likeness (QED) is 0.692. The zero-order valence-electron chi connectivity index (χ0n) is 15.3. The van der Waals surface area contributed by atoms with Gasteiger partial charge in [0.1, 0.15) is 0 Å². The number of aliphatic hydroxyl groups is 1. The van der Waals surface area contributed by atoms with Crippen LogP contribution in [0.4, 0.5) is 0 Å². The Morgan fingerprint density at radius 3 is 2.62 bits per heavy atom. The maximum absolute atomic E-state index is 12.5. The second-order valence-corrected chi connectivity index (χ2v) is 8.89. The molecule has 1 heterocycles. The van der Waals surface area contributed by atoms with Crippen LogP contribution >= 0.6 is 0 Å². The van der Waals surface area contributed by atoms with Crippen LogP contribution in [0.2, 0.25) is 0 Å². The van der Waals surface area contributed by atoms with Gasteiger partial charge in [-0.25, -0.2) is 8.42 Å². The van der Waals surface area contributed by atoms with Crippen LogP contribution in [-0.4, -0.2) is 80.1 Å². The van der Waals surface area contributed by atoms with Gasteiger partial charge in [0.25, 0.3) is 0 Å². The molecule has 7 heteroatoms. The second kappa shape index (κ2) is 9.85. The van der Waals surface area contributed by atoms with Crippen LogP contribution in [0.15, 0.2) is 36.4 Å². The molecule has 0 radical (unpaired) electrons. The molecule has 1 saturated heterocycles. The molecular weight excluding hydrogens is 352 g/mol. The van der Waals surface area contributed by atoms with Gasteiger partial charge in [-0.2, -0.15) is 0 Å². The normalized spacial score (nSPS) is 19.3. The molecule has 26 heavy (non-hydrogen) atoms. The van der Waals surface area contributed by atoms with Crippen molar-refractivity contribution in [1.29, 1.82) is 0 Å². The number of benzene rings is 1. The van der Waals surface area contributed by atoms with E-state index in [-0.39, 0.29) is 30.1 Å². The molecule has 6 nitrogen and oxygen atoms in total. The van der Waals surface area contributed by atoms with Crippen LogP contribution in [-0.2, 0) is 14.6 Å². The van der Waals surface area contributed by atoms with Crippen LogP contribution in [0.25, 0.3) is 6.08 Å². The van der Waals surface area contributed by atoms with Gasteiger partial charge in [-0.15, -0.1) is 0 Å². The van der Waals surface area contributed by atoms with Crippen molar-refractivity contribution in [2.45, 2.75) is 18.9 Å². The van der Waals surface area contributed by atoms with Crippen molar-refractivity contribution < 1.29 is 18.3 Å². The molecule has 1 fully saturated rings. The summed E-state index contributed by atoms with van der Waals surface area (Å²) in [5.41, 5.74) is 1.06. The van der Waals surface area contributed by atoms with Crippen LogP contribution < -0.4 is 0 Å². The Kier molecular flexibility index (Phi) is 7.81. The summed E-state index contributed by atoms with van der Waals surface area (Å²) in [6, 6.07) is 9.83. The van der Waals surface area contributed by atoms with Gasteiger partial charge in [0.2, 0.25) is 5.91 Å². The van der Waals surface area contributed by atoms with Crippen molar-refractivity contribution in [3.63, 3.8) is 0 Å². The van der Waals surface area contributed by atoms with E-state index in [4.69, 9.17) is 0 Å². The summed E-state index contributed by atoms with van der Waals surface area (Å²) in [7, 11) is -1.06.